The smallest absolute Gasteiger partial charge is 0.234 e. The second-order valence-corrected chi connectivity index (χ2v) is 5.42. The molecule has 2 N–H and O–H groups in total. The quantitative estimate of drug-likeness (QED) is 0.843. The topological polar surface area (TPSA) is 44.4 Å². The predicted molar refractivity (Wildman–Crippen MR) is 77.2 cm³/mol. The average Bonchev–Trinajstić information content (AvgIpc) is 2.39. The van der Waals surface area contributed by atoms with E-state index in [-0.39, 0.29) is 11.9 Å². The SMILES string of the molecule is CN(C)CC(=O)NC1CNCCC1c1ccccc1. The van der Waals surface area contributed by atoms with Crippen molar-refractivity contribution in [1.82, 2.24) is 15.5 Å². The molecule has 1 aromatic rings. The molecule has 19 heavy (non-hydrogen) atoms. The Morgan fingerprint density at radius 3 is 2.79 bits per heavy atom. The number of benzene rings is 1. The van der Waals surface area contributed by atoms with Crippen LogP contribution in [-0.4, -0.2) is 50.6 Å². The van der Waals surface area contributed by atoms with Crippen molar-refractivity contribution in [2.45, 2.75) is 18.4 Å². The number of likely N-dealkylation sites (N-methyl/N-ethyl adjacent to an activating group) is 1. The highest BCUT2D eigenvalue weighted by Gasteiger charge is 2.27. The van der Waals surface area contributed by atoms with Crippen LogP contribution < -0.4 is 10.6 Å². The molecule has 0 radical (unpaired) electrons. The first kappa shape index (κ1) is 14.0. The Kier molecular flexibility index (Phi) is 4.93. The van der Waals surface area contributed by atoms with Gasteiger partial charge in [0.2, 0.25) is 5.91 Å². The molecule has 0 aromatic heterocycles. The Hall–Kier alpha value is -1.39. The summed E-state index contributed by atoms with van der Waals surface area (Å²) in [6.45, 7) is 2.30. The minimum atomic E-state index is 0.0969. The number of amides is 1. The van der Waals surface area contributed by atoms with Gasteiger partial charge >= 0.3 is 0 Å². The second kappa shape index (κ2) is 6.68. The van der Waals surface area contributed by atoms with Crippen LogP contribution in [0.15, 0.2) is 30.3 Å². The lowest BCUT2D eigenvalue weighted by Crippen LogP contribution is -2.51. The zero-order chi connectivity index (χ0) is 13.7. The molecule has 2 rings (SSSR count). The lowest BCUT2D eigenvalue weighted by atomic mass is 9.86. The first-order valence-electron chi connectivity index (χ1n) is 6.86. The Morgan fingerprint density at radius 2 is 2.11 bits per heavy atom. The number of piperidine rings is 1. The summed E-state index contributed by atoms with van der Waals surface area (Å²) in [5.74, 6) is 0.508. The average molecular weight is 261 g/mol. The van der Waals surface area contributed by atoms with Crippen molar-refractivity contribution in [3.8, 4) is 0 Å². The van der Waals surface area contributed by atoms with Crippen molar-refractivity contribution in [1.29, 1.82) is 0 Å². The maximum atomic E-state index is 11.9. The summed E-state index contributed by atoms with van der Waals surface area (Å²) in [5, 5.41) is 6.52. The summed E-state index contributed by atoms with van der Waals surface area (Å²) < 4.78 is 0. The van der Waals surface area contributed by atoms with Gasteiger partial charge in [0.1, 0.15) is 0 Å². The van der Waals surface area contributed by atoms with Crippen LogP contribution in [0.25, 0.3) is 0 Å². The van der Waals surface area contributed by atoms with Crippen LogP contribution in [0.1, 0.15) is 17.9 Å². The number of hydrogen-bond acceptors (Lipinski definition) is 3. The van der Waals surface area contributed by atoms with Gasteiger partial charge in [0.25, 0.3) is 0 Å². The van der Waals surface area contributed by atoms with Gasteiger partial charge in [0.05, 0.1) is 6.54 Å². The molecule has 0 aliphatic carbocycles. The maximum absolute atomic E-state index is 11.9. The first-order chi connectivity index (χ1) is 9.16. The van der Waals surface area contributed by atoms with Crippen LogP contribution in [0.5, 0.6) is 0 Å². The number of carbonyl (C=O) groups is 1. The van der Waals surface area contributed by atoms with E-state index >= 15 is 0 Å². The molecule has 1 aromatic carbocycles. The minimum Gasteiger partial charge on any atom is -0.350 e. The largest absolute Gasteiger partial charge is 0.350 e. The second-order valence-electron chi connectivity index (χ2n) is 5.42. The van der Waals surface area contributed by atoms with Crippen molar-refractivity contribution in [2.75, 3.05) is 33.7 Å². The molecule has 1 amide bonds. The van der Waals surface area contributed by atoms with Gasteiger partial charge in [-0.3, -0.25) is 4.79 Å². The summed E-state index contributed by atoms with van der Waals surface area (Å²) in [6, 6.07) is 10.7. The lowest BCUT2D eigenvalue weighted by molar-refractivity contribution is -0.122. The van der Waals surface area contributed by atoms with E-state index in [1.54, 1.807) is 0 Å². The standard InChI is InChI=1S/C15H23N3O/c1-18(2)11-15(19)17-14-10-16-9-8-13(14)12-6-4-3-5-7-12/h3-7,13-14,16H,8-11H2,1-2H3,(H,17,19). The predicted octanol–water partition coefficient (Wildman–Crippen LogP) is 0.810. The van der Waals surface area contributed by atoms with Gasteiger partial charge < -0.3 is 15.5 Å². The molecular weight excluding hydrogens is 238 g/mol. The van der Waals surface area contributed by atoms with Crippen molar-refractivity contribution in [3.05, 3.63) is 35.9 Å². The molecule has 1 saturated heterocycles. The van der Waals surface area contributed by atoms with Crippen molar-refractivity contribution in [2.24, 2.45) is 0 Å². The van der Waals surface area contributed by atoms with Crippen LogP contribution >= 0.6 is 0 Å². The zero-order valence-corrected chi connectivity index (χ0v) is 11.7. The molecule has 2 unspecified atom stereocenters. The Balaban J connectivity index is 2.02. The monoisotopic (exact) mass is 261 g/mol. The Labute approximate surface area is 115 Å². The number of rotatable bonds is 4. The molecule has 1 aliphatic rings. The number of carbonyl (C=O) groups excluding carboxylic acids is 1. The van der Waals surface area contributed by atoms with E-state index < -0.39 is 0 Å². The maximum Gasteiger partial charge on any atom is 0.234 e. The molecule has 0 spiro atoms. The van der Waals surface area contributed by atoms with E-state index in [0.29, 0.717) is 12.5 Å². The van der Waals surface area contributed by atoms with E-state index in [1.165, 1.54) is 5.56 Å². The molecule has 1 heterocycles. The van der Waals surface area contributed by atoms with E-state index in [2.05, 4.69) is 34.9 Å². The fourth-order valence-corrected chi connectivity index (χ4v) is 2.65. The van der Waals surface area contributed by atoms with Gasteiger partial charge in [-0.1, -0.05) is 30.3 Å². The number of nitrogens with zero attached hydrogens (tertiary/aromatic N) is 1. The number of hydrogen-bond donors (Lipinski definition) is 2. The third kappa shape index (κ3) is 4.04. The van der Waals surface area contributed by atoms with Gasteiger partial charge in [0.15, 0.2) is 0 Å². The van der Waals surface area contributed by atoms with Gasteiger partial charge in [0, 0.05) is 18.5 Å². The molecule has 1 fully saturated rings. The fraction of sp³-hybridized carbons (Fsp3) is 0.533. The van der Waals surface area contributed by atoms with Gasteiger partial charge in [-0.15, -0.1) is 0 Å². The van der Waals surface area contributed by atoms with Gasteiger partial charge in [-0.25, -0.2) is 0 Å². The highest BCUT2D eigenvalue weighted by molar-refractivity contribution is 5.78. The van der Waals surface area contributed by atoms with Crippen LogP contribution in [-0.2, 0) is 4.79 Å². The lowest BCUT2D eigenvalue weighted by Gasteiger charge is -2.33. The molecular formula is C15H23N3O. The molecule has 2 atom stereocenters. The molecule has 104 valence electrons. The molecule has 1 aliphatic heterocycles. The summed E-state index contributed by atoms with van der Waals surface area (Å²) in [7, 11) is 3.82. The summed E-state index contributed by atoms with van der Waals surface area (Å²) in [6.07, 6.45) is 1.07. The third-order valence-electron chi connectivity index (χ3n) is 3.52. The van der Waals surface area contributed by atoms with Crippen molar-refractivity contribution in [3.63, 3.8) is 0 Å². The van der Waals surface area contributed by atoms with E-state index in [0.717, 1.165) is 19.5 Å². The summed E-state index contributed by atoms with van der Waals surface area (Å²) in [4.78, 5) is 13.8. The normalized spacial score (nSPS) is 23.3. The van der Waals surface area contributed by atoms with Crippen LogP contribution in [0.2, 0.25) is 0 Å². The van der Waals surface area contributed by atoms with E-state index in [9.17, 15) is 4.79 Å². The first-order valence-corrected chi connectivity index (χ1v) is 6.86. The van der Waals surface area contributed by atoms with Gasteiger partial charge in [-0.05, 0) is 32.6 Å². The van der Waals surface area contributed by atoms with Crippen LogP contribution in [0.3, 0.4) is 0 Å². The van der Waals surface area contributed by atoms with Crippen molar-refractivity contribution >= 4 is 5.91 Å². The fourth-order valence-electron chi connectivity index (χ4n) is 2.65. The van der Waals surface area contributed by atoms with Crippen LogP contribution in [0.4, 0.5) is 0 Å². The molecule has 0 saturated carbocycles. The van der Waals surface area contributed by atoms with E-state index in [1.807, 2.05) is 25.1 Å². The van der Waals surface area contributed by atoms with E-state index in [4.69, 9.17) is 0 Å². The summed E-state index contributed by atoms with van der Waals surface area (Å²) in [5.41, 5.74) is 1.32. The Morgan fingerprint density at radius 1 is 1.37 bits per heavy atom. The third-order valence-corrected chi connectivity index (χ3v) is 3.52. The molecule has 4 heteroatoms. The Bertz CT molecular complexity index is 405. The highest BCUT2D eigenvalue weighted by atomic mass is 16.2. The molecule has 4 nitrogen and oxygen atoms in total. The highest BCUT2D eigenvalue weighted by Crippen LogP contribution is 2.25. The zero-order valence-electron chi connectivity index (χ0n) is 11.7. The minimum absolute atomic E-state index is 0.0969. The molecule has 0 bridgehead atoms. The van der Waals surface area contributed by atoms with Crippen molar-refractivity contribution < 1.29 is 4.79 Å². The number of nitrogens with one attached hydrogen (secondary N) is 2. The van der Waals surface area contributed by atoms with Gasteiger partial charge in [-0.2, -0.15) is 0 Å². The summed E-state index contributed by atoms with van der Waals surface area (Å²) >= 11 is 0. The van der Waals surface area contributed by atoms with Crippen LogP contribution in [0, 0.1) is 0 Å².